The summed E-state index contributed by atoms with van der Waals surface area (Å²) < 4.78 is 18.9. The molecule has 1 aliphatic heterocycles. The molecule has 0 aliphatic carbocycles. The summed E-state index contributed by atoms with van der Waals surface area (Å²) in [5.74, 6) is 2.78. The molecule has 18 heavy (non-hydrogen) atoms. The molecule has 0 aromatic heterocycles. The van der Waals surface area contributed by atoms with Gasteiger partial charge in [-0.1, -0.05) is 6.07 Å². The zero-order chi connectivity index (χ0) is 13.0. The van der Waals surface area contributed by atoms with Crippen LogP contribution in [-0.4, -0.2) is 24.7 Å². The lowest BCUT2D eigenvalue weighted by Gasteiger charge is -2.26. The van der Waals surface area contributed by atoms with E-state index in [0.29, 0.717) is 17.4 Å². The van der Waals surface area contributed by atoms with Crippen molar-refractivity contribution in [3.63, 3.8) is 0 Å². The van der Waals surface area contributed by atoms with Gasteiger partial charge in [0.05, 0.1) is 7.11 Å². The molecule has 1 aliphatic rings. The molecule has 4 heteroatoms. The molecule has 0 radical (unpaired) electrons. The number of thioether (sulfide) groups is 1. The third-order valence-electron chi connectivity index (χ3n) is 3.38. The Morgan fingerprint density at radius 1 is 1.39 bits per heavy atom. The number of methoxy groups -OCH3 is 1. The van der Waals surface area contributed by atoms with Gasteiger partial charge in [-0.05, 0) is 37.3 Å². The predicted molar refractivity (Wildman–Crippen MR) is 74.8 cm³/mol. The second kappa shape index (κ2) is 6.43. The first kappa shape index (κ1) is 13.7. The van der Waals surface area contributed by atoms with Crippen LogP contribution in [0.1, 0.15) is 31.4 Å². The molecule has 1 heterocycles. The molecule has 1 unspecified atom stereocenters. The minimum atomic E-state index is -0.195. The lowest BCUT2D eigenvalue weighted by Crippen LogP contribution is -2.34. The van der Waals surface area contributed by atoms with Crippen LogP contribution >= 0.6 is 11.8 Å². The van der Waals surface area contributed by atoms with Gasteiger partial charge < -0.3 is 10.1 Å². The molecule has 1 atom stereocenters. The van der Waals surface area contributed by atoms with E-state index in [9.17, 15) is 4.39 Å². The maximum atomic E-state index is 13.9. The van der Waals surface area contributed by atoms with Crippen molar-refractivity contribution < 1.29 is 9.13 Å². The van der Waals surface area contributed by atoms with Crippen molar-refractivity contribution in [3.8, 4) is 5.75 Å². The fourth-order valence-electron chi connectivity index (χ4n) is 2.29. The Balaban J connectivity index is 2.01. The van der Waals surface area contributed by atoms with Gasteiger partial charge in [0, 0.05) is 23.7 Å². The Hall–Kier alpha value is -0.740. The summed E-state index contributed by atoms with van der Waals surface area (Å²) in [7, 11) is 1.55. The topological polar surface area (TPSA) is 21.3 Å². The third-order valence-corrected chi connectivity index (χ3v) is 4.43. The molecule has 1 saturated heterocycles. The number of nitrogens with one attached hydrogen (secondary N) is 1. The van der Waals surface area contributed by atoms with Gasteiger partial charge in [-0.3, -0.25) is 0 Å². The molecular weight excluding hydrogens is 249 g/mol. The van der Waals surface area contributed by atoms with E-state index in [0.717, 1.165) is 0 Å². The van der Waals surface area contributed by atoms with Crippen LogP contribution in [0.5, 0.6) is 5.75 Å². The van der Waals surface area contributed by atoms with E-state index >= 15 is 0 Å². The fraction of sp³-hybridized carbons (Fsp3) is 0.571. The van der Waals surface area contributed by atoms with Crippen molar-refractivity contribution in [2.45, 2.75) is 31.8 Å². The van der Waals surface area contributed by atoms with Gasteiger partial charge in [0.15, 0.2) is 0 Å². The third kappa shape index (κ3) is 3.39. The van der Waals surface area contributed by atoms with E-state index in [1.54, 1.807) is 7.11 Å². The highest BCUT2D eigenvalue weighted by atomic mass is 32.2. The average molecular weight is 269 g/mol. The molecule has 1 fully saturated rings. The van der Waals surface area contributed by atoms with E-state index in [1.807, 2.05) is 30.8 Å². The maximum absolute atomic E-state index is 13.9. The van der Waals surface area contributed by atoms with Crippen LogP contribution in [-0.2, 0) is 0 Å². The van der Waals surface area contributed by atoms with E-state index in [1.165, 1.54) is 30.4 Å². The number of hydrogen-bond acceptors (Lipinski definition) is 3. The largest absolute Gasteiger partial charge is 0.497 e. The zero-order valence-electron chi connectivity index (χ0n) is 10.9. The Kier molecular flexibility index (Phi) is 4.89. The first-order valence-electron chi connectivity index (χ1n) is 6.38. The highest BCUT2D eigenvalue weighted by Crippen LogP contribution is 2.24. The van der Waals surface area contributed by atoms with Gasteiger partial charge in [-0.2, -0.15) is 11.8 Å². The summed E-state index contributed by atoms with van der Waals surface area (Å²) in [5, 5.41) is 3.52. The molecule has 0 amide bonds. The first-order valence-corrected chi connectivity index (χ1v) is 7.53. The van der Waals surface area contributed by atoms with Gasteiger partial charge in [-0.15, -0.1) is 0 Å². The summed E-state index contributed by atoms with van der Waals surface area (Å²) in [4.78, 5) is 0. The molecule has 2 nitrogen and oxygen atoms in total. The summed E-state index contributed by atoms with van der Waals surface area (Å²) in [6.07, 6.45) is 2.35. The lowest BCUT2D eigenvalue weighted by molar-refractivity contribution is 0.403. The lowest BCUT2D eigenvalue weighted by atomic mass is 10.0. The van der Waals surface area contributed by atoms with Crippen LogP contribution in [0.2, 0.25) is 0 Å². The Morgan fingerprint density at radius 3 is 2.72 bits per heavy atom. The standard InChI is InChI=1S/C14H20FNOS/c1-10(16-11-5-7-18-8-6-11)13-4-3-12(17-2)9-14(13)15/h3-4,9-11,16H,5-8H2,1-2H3. The normalized spacial score (nSPS) is 18.6. The van der Waals surface area contributed by atoms with Crippen LogP contribution < -0.4 is 10.1 Å². The Bertz CT molecular complexity index is 393. The number of ether oxygens (including phenoxy) is 1. The number of hydrogen-bond donors (Lipinski definition) is 1. The van der Waals surface area contributed by atoms with E-state index in [4.69, 9.17) is 4.74 Å². The molecule has 1 aromatic rings. The van der Waals surface area contributed by atoms with Crippen LogP contribution in [0.15, 0.2) is 18.2 Å². The molecule has 0 spiro atoms. The zero-order valence-corrected chi connectivity index (χ0v) is 11.7. The number of rotatable bonds is 4. The summed E-state index contributed by atoms with van der Waals surface area (Å²) in [5.41, 5.74) is 0.717. The second-order valence-corrected chi connectivity index (χ2v) is 5.89. The van der Waals surface area contributed by atoms with Crippen molar-refractivity contribution in [1.82, 2.24) is 5.32 Å². The Morgan fingerprint density at radius 2 is 2.11 bits per heavy atom. The van der Waals surface area contributed by atoms with E-state index in [2.05, 4.69) is 5.32 Å². The molecule has 1 N–H and O–H groups in total. The monoisotopic (exact) mass is 269 g/mol. The molecule has 0 saturated carbocycles. The van der Waals surface area contributed by atoms with Crippen LogP contribution in [0.3, 0.4) is 0 Å². The van der Waals surface area contributed by atoms with Gasteiger partial charge >= 0.3 is 0 Å². The average Bonchev–Trinajstić information content (AvgIpc) is 2.39. The molecule has 0 bridgehead atoms. The van der Waals surface area contributed by atoms with E-state index < -0.39 is 0 Å². The molecule has 2 rings (SSSR count). The van der Waals surface area contributed by atoms with Gasteiger partial charge in [0.1, 0.15) is 11.6 Å². The van der Waals surface area contributed by atoms with Gasteiger partial charge in [0.2, 0.25) is 0 Å². The first-order chi connectivity index (χ1) is 8.70. The predicted octanol–water partition coefficient (Wildman–Crippen LogP) is 3.38. The summed E-state index contributed by atoms with van der Waals surface area (Å²) in [6.45, 7) is 2.02. The maximum Gasteiger partial charge on any atom is 0.131 e. The molecule has 1 aromatic carbocycles. The quantitative estimate of drug-likeness (QED) is 0.905. The van der Waals surface area contributed by atoms with Crippen molar-refractivity contribution in [3.05, 3.63) is 29.6 Å². The van der Waals surface area contributed by atoms with Crippen molar-refractivity contribution in [2.24, 2.45) is 0 Å². The minimum absolute atomic E-state index is 0.0454. The summed E-state index contributed by atoms with van der Waals surface area (Å²) >= 11 is 2.00. The highest BCUT2D eigenvalue weighted by Gasteiger charge is 2.18. The van der Waals surface area contributed by atoms with E-state index in [-0.39, 0.29) is 11.9 Å². The number of benzene rings is 1. The van der Waals surface area contributed by atoms with Crippen molar-refractivity contribution in [1.29, 1.82) is 0 Å². The fourth-order valence-corrected chi connectivity index (χ4v) is 3.40. The van der Waals surface area contributed by atoms with Crippen LogP contribution in [0.25, 0.3) is 0 Å². The van der Waals surface area contributed by atoms with Gasteiger partial charge in [0.25, 0.3) is 0 Å². The molecule has 100 valence electrons. The second-order valence-electron chi connectivity index (χ2n) is 4.66. The highest BCUT2D eigenvalue weighted by molar-refractivity contribution is 7.99. The number of halogens is 1. The summed E-state index contributed by atoms with van der Waals surface area (Å²) in [6, 6.07) is 5.63. The van der Waals surface area contributed by atoms with Crippen molar-refractivity contribution >= 4 is 11.8 Å². The van der Waals surface area contributed by atoms with Gasteiger partial charge in [-0.25, -0.2) is 4.39 Å². The van der Waals surface area contributed by atoms with Crippen molar-refractivity contribution in [2.75, 3.05) is 18.6 Å². The van der Waals surface area contributed by atoms with Crippen LogP contribution in [0, 0.1) is 5.82 Å². The van der Waals surface area contributed by atoms with Crippen LogP contribution in [0.4, 0.5) is 4.39 Å². The smallest absolute Gasteiger partial charge is 0.131 e. The SMILES string of the molecule is COc1ccc(C(C)NC2CCSCC2)c(F)c1. The minimum Gasteiger partial charge on any atom is -0.497 e. The Labute approximate surface area is 112 Å². The molecular formula is C14H20FNOS.